The summed E-state index contributed by atoms with van der Waals surface area (Å²) < 4.78 is 33.5. The van der Waals surface area contributed by atoms with Crippen LogP contribution in [0, 0.1) is 0 Å². The molecule has 0 spiro atoms. The van der Waals surface area contributed by atoms with Crippen LogP contribution in [0.25, 0.3) is 0 Å². The van der Waals surface area contributed by atoms with Gasteiger partial charge in [0.15, 0.2) is 5.13 Å². The van der Waals surface area contributed by atoms with Gasteiger partial charge in [-0.1, -0.05) is 6.42 Å². The molecule has 1 saturated heterocycles. The maximum absolute atomic E-state index is 13.3. The topological polar surface area (TPSA) is 88.6 Å². The minimum absolute atomic E-state index is 0.0323. The van der Waals surface area contributed by atoms with Crippen molar-refractivity contribution in [1.29, 1.82) is 0 Å². The predicted molar refractivity (Wildman–Crippen MR) is 117 cm³/mol. The van der Waals surface area contributed by atoms with Gasteiger partial charge < -0.3 is 4.74 Å². The number of thiazole rings is 1. The van der Waals surface area contributed by atoms with Gasteiger partial charge in [0, 0.05) is 23.0 Å². The van der Waals surface area contributed by atoms with Gasteiger partial charge in [-0.15, -0.1) is 11.3 Å². The van der Waals surface area contributed by atoms with Gasteiger partial charge in [0.1, 0.15) is 10.6 Å². The average molecular weight is 450 g/mol. The molecule has 0 unspecified atom stereocenters. The largest absolute Gasteiger partial charge is 0.495 e. The third kappa shape index (κ3) is 4.10. The van der Waals surface area contributed by atoms with Crippen LogP contribution in [0.15, 0.2) is 23.1 Å². The molecule has 1 atom stereocenters. The Hall–Kier alpha value is -1.97. The smallest absolute Gasteiger partial charge is 0.257 e. The van der Waals surface area contributed by atoms with Crippen molar-refractivity contribution >= 4 is 32.4 Å². The summed E-state index contributed by atoms with van der Waals surface area (Å²) in [6, 6.07) is 4.47. The molecule has 30 heavy (non-hydrogen) atoms. The molecule has 0 bridgehead atoms. The third-order valence-electron chi connectivity index (χ3n) is 5.82. The number of fused-ring (bicyclic) bond motifs is 1. The fraction of sp³-hybridized carbons (Fsp3) is 0.524. The van der Waals surface area contributed by atoms with Crippen LogP contribution in [0.1, 0.15) is 60.0 Å². The number of anilines is 1. The van der Waals surface area contributed by atoms with Crippen LogP contribution in [-0.2, 0) is 22.9 Å². The van der Waals surface area contributed by atoms with E-state index < -0.39 is 10.0 Å². The van der Waals surface area contributed by atoms with E-state index in [9.17, 15) is 13.2 Å². The normalized spacial score (nSPS) is 19.9. The number of rotatable bonds is 5. The molecule has 0 radical (unpaired) electrons. The maximum atomic E-state index is 13.3. The van der Waals surface area contributed by atoms with Gasteiger partial charge in [-0.2, -0.15) is 4.31 Å². The van der Waals surface area contributed by atoms with E-state index in [0.717, 1.165) is 50.6 Å². The molecular weight excluding hydrogens is 422 g/mol. The lowest BCUT2D eigenvalue weighted by Gasteiger charge is -2.32. The van der Waals surface area contributed by atoms with E-state index in [2.05, 4.69) is 10.3 Å². The van der Waals surface area contributed by atoms with Crippen LogP contribution in [0.3, 0.4) is 0 Å². The van der Waals surface area contributed by atoms with Crippen LogP contribution < -0.4 is 10.1 Å². The number of aromatic nitrogens is 1. The first-order chi connectivity index (χ1) is 14.4. The zero-order chi connectivity index (χ0) is 21.3. The predicted octanol–water partition coefficient (Wildman–Crippen LogP) is 3.85. The number of aryl methyl sites for hydroxylation is 2. The second-order valence-electron chi connectivity index (χ2n) is 7.88. The van der Waals surface area contributed by atoms with Crippen molar-refractivity contribution in [2.45, 2.75) is 62.8 Å². The molecule has 1 fully saturated rings. The van der Waals surface area contributed by atoms with Gasteiger partial charge in [0.05, 0.1) is 12.8 Å². The van der Waals surface area contributed by atoms with E-state index in [1.54, 1.807) is 12.1 Å². The highest BCUT2D eigenvalue weighted by molar-refractivity contribution is 7.89. The Morgan fingerprint density at radius 2 is 2.03 bits per heavy atom. The molecule has 1 aromatic heterocycles. The van der Waals surface area contributed by atoms with Crippen molar-refractivity contribution in [2.75, 3.05) is 19.0 Å². The number of carbonyl (C=O) groups is 1. The Bertz CT molecular complexity index is 1030. The summed E-state index contributed by atoms with van der Waals surface area (Å²) in [5.74, 6) is -0.124. The van der Waals surface area contributed by atoms with Crippen LogP contribution >= 0.6 is 11.3 Å². The number of ether oxygens (including phenoxy) is 1. The number of methoxy groups -OCH3 is 1. The van der Waals surface area contributed by atoms with Crippen molar-refractivity contribution in [3.05, 3.63) is 34.3 Å². The molecule has 2 aromatic rings. The van der Waals surface area contributed by atoms with Crippen LogP contribution in [0.5, 0.6) is 5.75 Å². The summed E-state index contributed by atoms with van der Waals surface area (Å²) in [5, 5.41) is 3.41. The lowest BCUT2D eigenvalue weighted by Crippen LogP contribution is -2.42. The molecule has 4 rings (SSSR count). The Kier molecular flexibility index (Phi) is 6.13. The summed E-state index contributed by atoms with van der Waals surface area (Å²) >= 11 is 1.50. The van der Waals surface area contributed by atoms with Gasteiger partial charge in [0.25, 0.3) is 5.91 Å². The summed E-state index contributed by atoms with van der Waals surface area (Å²) in [5.41, 5.74) is 1.34. The third-order valence-corrected chi connectivity index (χ3v) is 8.93. The Balaban J connectivity index is 1.62. The zero-order valence-corrected chi connectivity index (χ0v) is 18.9. The fourth-order valence-corrected chi connectivity index (χ4v) is 7.08. The highest BCUT2D eigenvalue weighted by Gasteiger charge is 2.33. The van der Waals surface area contributed by atoms with Crippen LogP contribution in [-0.4, -0.2) is 43.3 Å². The first-order valence-electron chi connectivity index (χ1n) is 10.4. The lowest BCUT2D eigenvalue weighted by molar-refractivity contribution is 0.102. The molecule has 2 aliphatic rings. The first kappa shape index (κ1) is 21.3. The molecule has 1 aliphatic carbocycles. The number of piperidine rings is 1. The molecule has 1 aromatic carbocycles. The number of nitrogens with zero attached hydrogens (tertiary/aromatic N) is 2. The standard InChI is InChI=1S/C21H27N3O4S2/c1-14-7-5-6-12-24(14)30(26,27)19-13-15(10-11-17(19)28-2)20(25)23-21-22-16-8-3-4-9-18(16)29-21/h10-11,13-14H,3-9,12H2,1-2H3,(H,22,23,25)/t14-/m0/s1. The second kappa shape index (κ2) is 8.64. The molecule has 7 nitrogen and oxygen atoms in total. The van der Waals surface area contributed by atoms with E-state index in [-0.39, 0.29) is 28.2 Å². The number of hydrogen-bond acceptors (Lipinski definition) is 6. The molecule has 1 aliphatic heterocycles. The van der Waals surface area contributed by atoms with Crippen molar-refractivity contribution in [2.24, 2.45) is 0 Å². The minimum atomic E-state index is -3.77. The number of amides is 1. The first-order valence-corrected chi connectivity index (χ1v) is 12.7. The van der Waals surface area contributed by atoms with Crippen LogP contribution in [0.4, 0.5) is 5.13 Å². The summed E-state index contributed by atoms with van der Waals surface area (Å²) in [6.45, 7) is 2.40. The monoisotopic (exact) mass is 449 g/mol. The maximum Gasteiger partial charge on any atom is 0.257 e. The number of sulfonamides is 1. The van der Waals surface area contributed by atoms with Crippen LogP contribution in [0.2, 0.25) is 0 Å². The van der Waals surface area contributed by atoms with E-state index in [1.165, 1.54) is 33.7 Å². The zero-order valence-electron chi connectivity index (χ0n) is 17.3. The summed E-state index contributed by atoms with van der Waals surface area (Å²) in [4.78, 5) is 18.7. The Morgan fingerprint density at radius 3 is 2.77 bits per heavy atom. The quantitative estimate of drug-likeness (QED) is 0.749. The lowest BCUT2D eigenvalue weighted by atomic mass is 10.0. The molecule has 1 amide bonds. The highest BCUT2D eigenvalue weighted by Crippen LogP contribution is 2.33. The van der Waals surface area contributed by atoms with Crippen molar-refractivity contribution in [3.63, 3.8) is 0 Å². The summed E-state index contributed by atoms with van der Waals surface area (Å²) in [7, 11) is -2.33. The fourth-order valence-electron chi connectivity index (χ4n) is 4.15. The van der Waals surface area contributed by atoms with Gasteiger partial charge in [-0.25, -0.2) is 13.4 Å². The van der Waals surface area contributed by atoms with Gasteiger partial charge in [0.2, 0.25) is 10.0 Å². The SMILES string of the molecule is COc1ccc(C(=O)Nc2nc3c(s2)CCCC3)cc1S(=O)(=O)N1CCCC[C@@H]1C. The van der Waals surface area contributed by atoms with E-state index in [1.807, 2.05) is 6.92 Å². The van der Waals surface area contributed by atoms with Crippen molar-refractivity contribution < 1.29 is 17.9 Å². The Morgan fingerprint density at radius 1 is 1.23 bits per heavy atom. The molecule has 1 N–H and O–H groups in total. The summed E-state index contributed by atoms with van der Waals surface area (Å²) in [6.07, 6.45) is 6.90. The van der Waals surface area contributed by atoms with Gasteiger partial charge >= 0.3 is 0 Å². The van der Waals surface area contributed by atoms with Crippen molar-refractivity contribution in [3.8, 4) is 5.75 Å². The van der Waals surface area contributed by atoms with Gasteiger partial charge in [-0.3, -0.25) is 10.1 Å². The number of hydrogen-bond donors (Lipinski definition) is 1. The molecular formula is C21H27N3O4S2. The highest BCUT2D eigenvalue weighted by atomic mass is 32.2. The van der Waals surface area contributed by atoms with Crippen molar-refractivity contribution in [1.82, 2.24) is 9.29 Å². The molecule has 9 heteroatoms. The number of carbonyl (C=O) groups excluding carboxylic acids is 1. The van der Waals surface area contributed by atoms with E-state index >= 15 is 0 Å². The van der Waals surface area contributed by atoms with E-state index in [0.29, 0.717) is 11.7 Å². The van der Waals surface area contributed by atoms with Gasteiger partial charge in [-0.05, 0) is 63.6 Å². The Labute approximate surface area is 181 Å². The average Bonchev–Trinajstić information content (AvgIpc) is 3.15. The molecule has 0 saturated carbocycles. The number of nitrogens with one attached hydrogen (secondary N) is 1. The molecule has 2 heterocycles. The van der Waals surface area contributed by atoms with E-state index in [4.69, 9.17) is 4.74 Å². The number of benzene rings is 1. The minimum Gasteiger partial charge on any atom is -0.495 e. The second-order valence-corrected chi connectivity index (χ2v) is 10.8. The molecule has 162 valence electrons.